The van der Waals surface area contributed by atoms with Crippen LogP contribution in [0.25, 0.3) is 0 Å². The molecule has 14 heteroatoms. The van der Waals surface area contributed by atoms with Crippen molar-refractivity contribution in [1.29, 1.82) is 0 Å². The van der Waals surface area contributed by atoms with E-state index in [4.69, 9.17) is 42.1 Å². The van der Waals surface area contributed by atoms with Gasteiger partial charge in [-0.05, 0) is 136 Å². The van der Waals surface area contributed by atoms with Gasteiger partial charge in [0.05, 0.1) is 11.2 Å². The molecule has 9 aliphatic rings. The topological polar surface area (TPSA) is 136 Å². The molecule has 13 rings (SSSR count). The first kappa shape index (κ1) is 46.6. The van der Waals surface area contributed by atoms with Crippen LogP contribution in [0, 0.1) is 5.41 Å². The zero-order chi connectivity index (χ0) is 48.4. The van der Waals surface area contributed by atoms with Crippen molar-refractivity contribution in [3.05, 3.63) is 139 Å². The number of esters is 2. The van der Waals surface area contributed by atoms with Gasteiger partial charge < -0.3 is 39.4 Å². The van der Waals surface area contributed by atoms with Gasteiger partial charge >= 0.3 is 11.9 Å². The quantitative estimate of drug-likeness (QED) is 0.152. The molecule has 69 heavy (non-hydrogen) atoms. The molecule has 6 atom stereocenters. The number of fused-ring (bicyclic) bond motifs is 10. The lowest BCUT2D eigenvalue weighted by atomic mass is 9.49. The number of hydrogen-bond donors (Lipinski definition) is 2. The van der Waals surface area contributed by atoms with Crippen molar-refractivity contribution in [2.45, 2.75) is 126 Å². The largest absolute Gasteiger partial charge is 0.420 e. The van der Waals surface area contributed by atoms with Gasteiger partial charge in [-0.3, -0.25) is 9.59 Å². The summed E-state index contributed by atoms with van der Waals surface area (Å²) in [4.78, 5) is 60.2. The molecule has 5 aliphatic heterocycles. The molecule has 4 aromatic carbocycles. The standard InChI is InChI=1S/C55H60Cl2N4O8/c1-51(2,3)68-49-45(62)58-33-19-23-60(24-20-33)29-53-39-13-9-7-11-35(39)43(37-17-15-31(56)27-41(37)53)55(53)44-36-12-8-10-14-40(36)54(55,42-28-32(57)16-18-38(42)44)30-61-25-21-34(22-26-61)59-46(63)50(69-52(4,5)6)67-48(65)47(64)66-49/h7-18,27-28,33-34,43-44,49-50H,19-26,29-30H2,1-6H3,(H,58,62)(H,59,63). The van der Waals surface area contributed by atoms with Crippen molar-refractivity contribution in [2.75, 3.05) is 39.3 Å². The lowest BCUT2D eigenvalue weighted by Crippen LogP contribution is -2.61. The van der Waals surface area contributed by atoms with E-state index in [1.807, 2.05) is 0 Å². The van der Waals surface area contributed by atoms with E-state index in [1.54, 1.807) is 41.5 Å². The smallest absolute Gasteiger partial charge is 0.417 e. The number of nitrogens with zero attached hydrogens (tertiary/aromatic N) is 2. The predicted octanol–water partition coefficient (Wildman–Crippen LogP) is 7.71. The lowest BCUT2D eigenvalue weighted by Gasteiger charge is -2.55. The summed E-state index contributed by atoms with van der Waals surface area (Å²) in [5, 5.41) is 7.57. The number of hydrogen-bond acceptors (Lipinski definition) is 10. The van der Waals surface area contributed by atoms with Gasteiger partial charge in [0.25, 0.3) is 24.4 Å². The summed E-state index contributed by atoms with van der Waals surface area (Å²) in [5.74, 6) is -4.34. The summed E-state index contributed by atoms with van der Waals surface area (Å²) < 4.78 is 22.8. The van der Waals surface area contributed by atoms with Gasteiger partial charge in [0, 0.05) is 89.5 Å². The van der Waals surface area contributed by atoms with Crippen molar-refractivity contribution < 1.29 is 38.1 Å². The molecule has 1 spiro atoms. The summed E-state index contributed by atoms with van der Waals surface area (Å²) in [6.45, 7) is 14.4. The van der Waals surface area contributed by atoms with E-state index in [2.05, 4.69) is 105 Å². The molecule has 6 unspecified atom stereocenters. The molecule has 362 valence electrons. The van der Waals surface area contributed by atoms with Crippen LogP contribution in [0.4, 0.5) is 0 Å². The molecule has 5 saturated heterocycles. The molecular formula is C55H60Cl2N4O8. The van der Waals surface area contributed by atoms with Crippen LogP contribution < -0.4 is 10.6 Å². The Morgan fingerprint density at radius 1 is 0.536 bits per heavy atom. The molecule has 2 amide bonds. The molecule has 8 bridgehead atoms. The van der Waals surface area contributed by atoms with Gasteiger partial charge in [-0.1, -0.05) is 83.9 Å². The Morgan fingerprint density at radius 3 is 1.28 bits per heavy atom. The Labute approximate surface area is 413 Å². The monoisotopic (exact) mass is 974 g/mol. The van der Waals surface area contributed by atoms with E-state index in [-0.39, 0.29) is 23.9 Å². The highest BCUT2D eigenvalue weighted by molar-refractivity contribution is 6.31. The molecule has 5 heterocycles. The van der Waals surface area contributed by atoms with Gasteiger partial charge in [-0.25, -0.2) is 9.59 Å². The maximum atomic E-state index is 14.1. The maximum absolute atomic E-state index is 14.1. The van der Waals surface area contributed by atoms with Gasteiger partial charge in [-0.15, -0.1) is 0 Å². The van der Waals surface area contributed by atoms with E-state index >= 15 is 0 Å². The number of nitrogens with one attached hydrogen (secondary N) is 2. The van der Waals surface area contributed by atoms with Crippen LogP contribution in [0.3, 0.4) is 0 Å². The first-order valence-electron chi connectivity index (χ1n) is 24.5. The second-order valence-corrected chi connectivity index (χ2v) is 23.1. The Kier molecular flexibility index (Phi) is 11.2. The SMILES string of the molecule is CC(C)(C)OC1OC(=O)C(=O)OC(OC(C)(C)C)C(=O)NC2CCN(CC2)CC23c4ccccc4C(c4ccc(Cl)cc42)C32C3c4ccccc4C2(CN2CCC(CC2)NC1=O)c1cc(Cl)ccc13. The maximum Gasteiger partial charge on any atom is 0.420 e. The fourth-order valence-corrected chi connectivity index (χ4v) is 14.4. The summed E-state index contributed by atoms with van der Waals surface area (Å²) in [6, 6.07) is 30.8. The third-order valence-electron chi connectivity index (χ3n) is 16.1. The van der Waals surface area contributed by atoms with Crippen LogP contribution in [0.1, 0.15) is 124 Å². The summed E-state index contributed by atoms with van der Waals surface area (Å²) in [7, 11) is 0. The average Bonchev–Trinajstić information content (AvgIpc) is 3.89. The highest BCUT2D eigenvalue weighted by Crippen LogP contribution is 2.87. The Bertz CT molecular complexity index is 2580. The molecule has 0 aromatic heterocycles. The van der Waals surface area contributed by atoms with E-state index in [1.165, 1.54) is 44.5 Å². The van der Waals surface area contributed by atoms with Crippen molar-refractivity contribution in [2.24, 2.45) is 5.41 Å². The molecule has 2 N–H and O–H groups in total. The first-order valence-corrected chi connectivity index (χ1v) is 25.2. The molecule has 5 fully saturated rings. The summed E-state index contributed by atoms with van der Waals surface area (Å²) in [5.41, 5.74) is 7.07. The van der Waals surface area contributed by atoms with Gasteiger partial charge in [0.2, 0.25) is 0 Å². The van der Waals surface area contributed by atoms with Crippen molar-refractivity contribution in [3.8, 4) is 0 Å². The summed E-state index contributed by atoms with van der Waals surface area (Å²) >= 11 is 14.3. The van der Waals surface area contributed by atoms with Crippen LogP contribution in [0.2, 0.25) is 10.0 Å². The Balaban J connectivity index is 1.07. The number of carbonyl (C=O) groups excluding carboxylic acids is 4. The third-order valence-corrected chi connectivity index (χ3v) is 16.6. The van der Waals surface area contributed by atoms with Crippen LogP contribution >= 0.6 is 23.2 Å². The average molecular weight is 976 g/mol. The minimum Gasteiger partial charge on any atom is -0.417 e. The van der Waals surface area contributed by atoms with Crippen molar-refractivity contribution in [3.63, 3.8) is 0 Å². The van der Waals surface area contributed by atoms with Crippen LogP contribution in [0.5, 0.6) is 0 Å². The zero-order valence-electron chi connectivity index (χ0n) is 40.0. The van der Waals surface area contributed by atoms with Crippen LogP contribution in [-0.4, -0.2) is 109 Å². The fraction of sp³-hybridized carbons (Fsp3) is 0.491. The van der Waals surface area contributed by atoms with Gasteiger partial charge in [0.1, 0.15) is 0 Å². The molecule has 0 radical (unpaired) electrons. The molecule has 4 aromatic rings. The second kappa shape index (κ2) is 16.6. The lowest BCUT2D eigenvalue weighted by molar-refractivity contribution is -0.222. The van der Waals surface area contributed by atoms with E-state index < -0.39 is 63.8 Å². The number of halogens is 2. The molecular weight excluding hydrogens is 916 g/mol. The van der Waals surface area contributed by atoms with Crippen molar-refractivity contribution >= 4 is 47.0 Å². The Morgan fingerprint density at radius 2 is 0.899 bits per heavy atom. The predicted molar refractivity (Wildman–Crippen MR) is 260 cm³/mol. The van der Waals surface area contributed by atoms with E-state index in [0.717, 1.165) is 0 Å². The number of piperidine rings is 2. The normalized spacial score (nSPS) is 33.8. The van der Waals surface area contributed by atoms with Crippen LogP contribution in [0.15, 0.2) is 84.9 Å². The summed E-state index contributed by atoms with van der Waals surface area (Å²) in [6.07, 6.45) is -1.10. The number of amides is 2. The highest BCUT2D eigenvalue weighted by Gasteiger charge is 2.84. The second-order valence-electron chi connectivity index (χ2n) is 22.2. The van der Waals surface area contributed by atoms with Gasteiger partial charge in [-0.2, -0.15) is 0 Å². The van der Waals surface area contributed by atoms with E-state index in [0.29, 0.717) is 75.0 Å². The number of carbonyl (C=O) groups is 4. The molecule has 12 nitrogen and oxygen atoms in total. The Hall–Kier alpha value is -4.82. The number of benzene rings is 4. The minimum atomic E-state index is -1.78. The highest BCUT2D eigenvalue weighted by atomic mass is 35.5. The minimum absolute atomic E-state index is 0.0117. The zero-order valence-corrected chi connectivity index (χ0v) is 41.5. The van der Waals surface area contributed by atoms with Crippen molar-refractivity contribution in [1.82, 2.24) is 20.4 Å². The third kappa shape index (κ3) is 7.20. The molecule has 4 aliphatic carbocycles. The number of rotatable bonds is 2. The van der Waals surface area contributed by atoms with Gasteiger partial charge in [0.15, 0.2) is 0 Å². The first-order chi connectivity index (χ1) is 32.8. The fourth-order valence-electron chi connectivity index (χ4n) is 14.1. The van der Waals surface area contributed by atoms with E-state index in [9.17, 15) is 19.2 Å². The number of ether oxygens (including phenoxy) is 4. The van der Waals surface area contributed by atoms with Crippen LogP contribution in [-0.2, 0) is 49.0 Å². The molecule has 0 saturated carbocycles.